The fourth-order valence-corrected chi connectivity index (χ4v) is 4.38. The van der Waals surface area contributed by atoms with Gasteiger partial charge in [0.2, 0.25) is 0 Å². The van der Waals surface area contributed by atoms with Gasteiger partial charge in [-0.3, -0.25) is 4.90 Å². The van der Waals surface area contributed by atoms with Crippen LogP contribution in [0.1, 0.15) is 46.0 Å². The Morgan fingerprint density at radius 2 is 1.72 bits per heavy atom. The fraction of sp³-hybridized carbons (Fsp3) is 1.00. The van der Waals surface area contributed by atoms with E-state index in [4.69, 9.17) is 0 Å². The lowest BCUT2D eigenvalue weighted by Gasteiger charge is -2.52. The lowest BCUT2D eigenvalue weighted by molar-refractivity contribution is -0.00627. The van der Waals surface area contributed by atoms with Crippen molar-refractivity contribution in [2.45, 2.75) is 69.6 Å². The van der Waals surface area contributed by atoms with Crippen LogP contribution in [0, 0.1) is 0 Å². The number of hydrogen-bond acceptors (Lipinski definition) is 3. The Hall–Kier alpha value is -0.120. The number of nitrogens with one attached hydrogen (secondary N) is 1. The van der Waals surface area contributed by atoms with Gasteiger partial charge in [0.15, 0.2) is 0 Å². The maximum absolute atomic E-state index is 3.63. The highest BCUT2D eigenvalue weighted by molar-refractivity contribution is 4.97. The summed E-state index contributed by atoms with van der Waals surface area (Å²) in [6.07, 6.45) is 7.13. The molecule has 2 bridgehead atoms. The molecule has 104 valence electrons. The number of piperidine rings is 2. The summed E-state index contributed by atoms with van der Waals surface area (Å²) in [4.78, 5) is 5.45. The molecular weight excluding hydrogens is 222 g/mol. The van der Waals surface area contributed by atoms with Crippen molar-refractivity contribution >= 4 is 0 Å². The molecule has 3 heterocycles. The summed E-state index contributed by atoms with van der Waals surface area (Å²) in [6.45, 7) is 8.32. The second-order valence-corrected chi connectivity index (χ2v) is 7.31. The van der Waals surface area contributed by atoms with Gasteiger partial charge >= 0.3 is 0 Å². The zero-order chi connectivity index (χ0) is 12.8. The first-order chi connectivity index (χ1) is 8.55. The molecule has 0 aliphatic carbocycles. The van der Waals surface area contributed by atoms with E-state index in [0.29, 0.717) is 5.54 Å². The maximum atomic E-state index is 3.63. The predicted molar refractivity (Wildman–Crippen MR) is 75.9 cm³/mol. The Morgan fingerprint density at radius 1 is 1.06 bits per heavy atom. The number of piperazine rings is 1. The van der Waals surface area contributed by atoms with Crippen LogP contribution in [0.25, 0.3) is 0 Å². The predicted octanol–water partition coefficient (Wildman–Crippen LogP) is 1.69. The molecule has 0 radical (unpaired) electrons. The normalized spacial score (nSPS) is 41.8. The molecule has 0 amide bonds. The van der Waals surface area contributed by atoms with Gasteiger partial charge < -0.3 is 10.2 Å². The zero-order valence-electron chi connectivity index (χ0n) is 12.3. The van der Waals surface area contributed by atoms with Crippen molar-refractivity contribution < 1.29 is 0 Å². The quantitative estimate of drug-likeness (QED) is 0.765. The monoisotopic (exact) mass is 251 g/mol. The third-order valence-corrected chi connectivity index (χ3v) is 5.43. The molecule has 18 heavy (non-hydrogen) atoms. The summed E-state index contributed by atoms with van der Waals surface area (Å²) < 4.78 is 0. The van der Waals surface area contributed by atoms with Gasteiger partial charge in [0.25, 0.3) is 0 Å². The third-order valence-electron chi connectivity index (χ3n) is 5.43. The molecule has 0 aromatic rings. The second-order valence-electron chi connectivity index (χ2n) is 7.31. The molecule has 3 nitrogen and oxygen atoms in total. The van der Waals surface area contributed by atoms with E-state index in [-0.39, 0.29) is 0 Å². The number of nitrogens with zero attached hydrogens (tertiary/aromatic N) is 2. The molecule has 1 N–H and O–H groups in total. The summed E-state index contributed by atoms with van der Waals surface area (Å²) in [5.74, 6) is 0. The molecule has 3 aliphatic rings. The Labute approximate surface area is 112 Å². The van der Waals surface area contributed by atoms with Gasteiger partial charge in [-0.05, 0) is 46.6 Å². The molecular formula is C15H29N3. The Bertz CT molecular complexity index is 288. The van der Waals surface area contributed by atoms with Crippen molar-refractivity contribution in [3.8, 4) is 0 Å². The Morgan fingerprint density at radius 3 is 2.33 bits per heavy atom. The first-order valence-corrected chi connectivity index (χ1v) is 7.76. The molecule has 3 aliphatic heterocycles. The molecule has 0 spiro atoms. The van der Waals surface area contributed by atoms with E-state index >= 15 is 0 Å². The van der Waals surface area contributed by atoms with E-state index in [1.807, 2.05) is 0 Å². The van der Waals surface area contributed by atoms with Crippen LogP contribution in [0.15, 0.2) is 0 Å². The summed E-state index contributed by atoms with van der Waals surface area (Å²) in [6, 6.07) is 2.57. The minimum Gasteiger partial charge on any atom is -0.309 e. The summed E-state index contributed by atoms with van der Waals surface area (Å²) in [5, 5.41) is 3.63. The van der Waals surface area contributed by atoms with Crippen LogP contribution in [-0.4, -0.2) is 60.1 Å². The number of rotatable bonds is 1. The largest absolute Gasteiger partial charge is 0.309 e. The Balaban J connectivity index is 1.66. The molecule has 0 saturated carbocycles. The number of fused-ring (bicyclic) bond motifs is 2. The van der Waals surface area contributed by atoms with Crippen molar-refractivity contribution in [2.24, 2.45) is 0 Å². The topological polar surface area (TPSA) is 18.5 Å². The highest BCUT2D eigenvalue weighted by atomic mass is 15.3. The van der Waals surface area contributed by atoms with Crippen molar-refractivity contribution in [3.05, 3.63) is 0 Å². The molecule has 0 aromatic carbocycles. The zero-order valence-corrected chi connectivity index (χ0v) is 12.3. The van der Waals surface area contributed by atoms with E-state index in [0.717, 1.165) is 24.7 Å². The van der Waals surface area contributed by atoms with E-state index in [1.54, 1.807) is 0 Å². The van der Waals surface area contributed by atoms with Crippen LogP contribution in [0.2, 0.25) is 0 Å². The molecule has 2 atom stereocenters. The standard InChI is InChI=1S/C15H29N3/c1-15(2)11-18(8-7-16-15)14-9-12-5-4-6-13(10-14)17(12)3/h12-14,16H,4-11H2,1-3H3. The lowest BCUT2D eigenvalue weighted by atomic mass is 9.81. The smallest absolute Gasteiger partial charge is 0.0252 e. The lowest BCUT2D eigenvalue weighted by Crippen LogP contribution is -2.63. The molecule has 3 heteroatoms. The fourth-order valence-electron chi connectivity index (χ4n) is 4.38. The van der Waals surface area contributed by atoms with E-state index in [1.165, 1.54) is 45.2 Å². The van der Waals surface area contributed by atoms with Gasteiger partial charge in [0.1, 0.15) is 0 Å². The minimum absolute atomic E-state index is 0.302. The minimum atomic E-state index is 0.302. The van der Waals surface area contributed by atoms with Crippen molar-refractivity contribution in [3.63, 3.8) is 0 Å². The molecule has 3 rings (SSSR count). The van der Waals surface area contributed by atoms with Crippen LogP contribution < -0.4 is 5.32 Å². The van der Waals surface area contributed by atoms with Crippen molar-refractivity contribution in [1.82, 2.24) is 15.1 Å². The maximum Gasteiger partial charge on any atom is 0.0252 e. The van der Waals surface area contributed by atoms with Crippen molar-refractivity contribution in [1.29, 1.82) is 0 Å². The van der Waals surface area contributed by atoms with Crippen molar-refractivity contribution in [2.75, 3.05) is 26.7 Å². The number of hydrogen-bond donors (Lipinski definition) is 1. The van der Waals surface area contributed by atoms with Gasteiger partial charge in [-0.25, -0.2) is 0 Å². The second kappa shape index (κ2) is 4.77. The van der Waals surface area contributed by atoms with Gasteiger partial charge in [-0.2, -0.15) is 0 Å². The van der Waals surface area contributed by atoms with Gasteiger partial charge in [0.05, 0.1) is 0 Å². The summed E-state index contributed by atoms with van der Waals surface area (Å²) in [7, 11) is 2.35. The van der Waals surface area contributed by atoms with E-state index in [2.05, 4.69) is 36.0 Å². The summed E-state index contributed by atoms with van der Waals surface area (Å²) >= 11 is 0. The van der Waals surface area contributed by atoms with Crippen LogP contribution >= 0.6 is 0 Å². The average Bonchev–Trinajstić information content (AvgIpc) is 2.27. The first kappa shape index (κ1) is 12.9. The van der Waals surface area contributed by atoms with E-state index in [9.17, 15) is 0 Å². The summed E-state index contributed by atoms with van der Waals surface area (Å²) in [5.41, 5.74) is 0.302. The molecule has 3 fully saturated rings. The third kappa shape index (κ3) is 2.45. The van der Waals surface area contributed by atoms with Crippen LogP contribution in [0.5, 0.6) is 0 Å². The van der Waals surface area contributed by atoms with Gasteiger partial charge in [-0.1, -0.05) is 6.42 Å². The van der Waals surface area contributed by atoms with Gasteiger partial charge in [0, 0.05) is 43.3 Å². The Kier molecular flexibility index (Phi) is 3.41. The van der Waals surface area contributed by atoms with E-state index < -0.39 is 0 Å². The first-order valence-electron chi connectivity index (χ1n) is 7.76. The van der Waals surface area contributed by atoms with Crippen LogP contribution in [0.3, 0.4) is 0 Å². The highest BCUT2D eigenvalue weighted by Gasteiger charge is 2.40. The van der Waals surface area contributed by atoms with Crippen LogP contribution in [0.4, 0.5) is 0 Å². The molecule has 3 saturated heterocycles. The SMILES string of the molecule is CN1C2CCCC1CC(N1CCNC(C)(C)C1)C2. The molecule has 2 unspecified atom stereocenters. The van der Waals surface area contributed by atoms with Crippen LogP contribution in [-0.2, 0) is 0 Å². The molecule has 0 aromatic heterocycles. The average molecular weight is 251 g/mol. The van der Waals surface area contributed by atoms with Gasteiger partial charge in [-0.15, -0.1) is 0 Å². The highest BCUT2D eigenvalue weighted by Crippen LogP contribution is 2.35.